The van der Waals surface area contributed by atoms with E-state index in [0.29, 0.717) is 23.4 Å². The van der Waals surface area contributed by atoms with Crippen LogP contribution in [0.3, 0.4) is 0 Å². The molecule has 3 rings (SSSR count). The van der Waals surface area contributed by atoms with E-state index in [1.165, 1.54) is 0 Å². The number of carbonyl (C=O) groups is 2. The predicted octanol–water partition coefficient (Wildman–Crippen LogP) is 3.60. The average Bonchev–Trinajstić information content (AvgIpc) is 3.03. The first-order valence-electron chi connectivity index (χ1n) is 9.20. The van der Waals surface area contributed by atoms with Gasteiger partial charge in [0, 0.05) is 18.3 Å². The van der Waals surface area contributed by atoms with Crippen LogP contribution in [0.15, 0.2) is 42.6 Å². The molecule has 0 atom stereocenters. The minimum Gasteiger partial charge on any atom is -0.351 e. The molecule has 6 nitrogen and oxygen atoms in total. The Morgan fingerprint density at radius 3 is 2.44 bits per heavy atom. The molecular weight excluding hydrogens is 340 g/mol. The number of hydrogen-bond donors (Lipinski definition) is 2. The second-order valence-corrected chi connectivity index (χ2v) is 6.50. The lowest BCUT2D eigenvalue weighted by Crippen LogP contribution is -2.27. The Bertz CT molecular complexity index is 974. The van der Waals surface area contributed by atoms with Gasteiger partial charge in [-0.05, 0) is 49.1 Å². The van der Waals surface area contributed by atoms with Crippen molar-refractivity contribution < 1.29 is 9.59 Å². The smallest absolute Gasteiger partial charge is 0.272 e. The Morgan fingerprint density at radius 1 is 1.04 bits per heavy atom. The highest BCUT2D eigenvalue weighted by molar-refractivity contribution is 6.08. The maximum absolute atomic E-state index is 12.7. The van der Waals surface area contributed by atoms with Crippen LogP contribution in [0.1, 0.15) is 52.2 Å². The topological polar surface area (TPSA) is 75.5 Å². The van der Waals surface area contributed by atoms with E-state index in [9.17, 15) is 9.59 Å². The third kappa shape index (κ3) is 4.00. The fourth-order valence-electron chi connectivity index (χ4n) is 2.85. The molecule has 0 fully saturated rings. The Morgan fingerprint density at radius 2 is 1.78 bits per heavy atom. The number of aromatic nitrogens is 2. The van der Waals surface area contributed by atoms with Gasteiger partial charge < -0.3 is 10.6 Å². The molecule has 0 radical (unpaired) electrons. The molecule has 6 heteroatoms. The minimum atomic E-state index is -0.290. The van der Waals surface area contributed by atoms with Crippen LogP contribution in [0.4, 0.5) is 5.82 Å². The summed E-state index contributed by atoms with van der Waals surface area (Å²) in [7, 11) is 0. The van der Waals surface area contributed by atoms with Gasteiger partial charge >= 0.3 is 0 Å². The SMILES string of the molecule is CCCNC(=O)c1c(NC(=O)c2ccc(CC)cc2)nc2ccc(C)cn12. The first-order chi connectivity index (χ1) is 13.0. The Balaban J connectivity index is 1.96. The zero-order chi connectivity index (χ0) is 19.4. The number of imidazole rings is 1. The van der Waals surface area contributed by atoms with Gasteiger partial charge in [-0.25, -0.2) is 4.98 Å². The first kappa shape index (κ1) is 18.6. The lowest BCUT2D eigenvalue weighted by atomic mass is 10.1. The van der Waals surface area contributed by atoms with E-state index >= 15 is 0 Å². The zero-order valence-corrected chi connectivity index (χ0v) is 15.9. The summed E-state index contributed by atoms with van der Waals surface area (Å²) >= 11 is 0. The maximum Gasteiger partial charge on any atom is 0.272 e. The summed E-state index contributed by atoms with van der Waals surface area (Å²) in [5, 5.41) is 5.66. The highest BCUT2D eigenvalue weighted by Crippen LogP contribution is 2.20. The number of anilines is 1. The van der Waals surface area contributed by atoms with E-state index in [1.807, 2.05) is 44.3 Å². The number of carbonyl (C=O) groups excluding carboxylic acids is 2. The second kappa shape index (κ2) is 8.03. The van der Waals surface area contributed by atoms with Gasteiger partial charge in [-0.2, -0.15) is 0 Å². The summed E-state index contributed by atoms with van der Waals surface area (Å²) < 4.78 is 1.72. The molecule has 0 spiro atoms. The highest BCUT2D eigenvalue weighted by Gasteiger charge is 2.21. The lowest BCUT2D eigenvalue weighted by molar-refractivity contribution is 0.0949. The molecule has 2 aromatic heterocycles. The molecular formula is C21H24N4O2. The van der Waals surface area contributed by atoms with Gasteiger partial charge in [-0.3, -0.25) is 14.0 Å². The number of benzene rings is 1. The third-order valence-electron chi connectivity index (χ3n) is 4.37. The zero-order valence-electron chi connectivity index (χ0n) is 15.9. The average molecular weight is 364 g/mol. The van der Waals surface area contributed by atoms with Crippen molar-refractivity contribution in [3.8, 4) is 0 Å². The van der Waals surface area contributed by atoms with Crippen molar-refractivity contribution in [3.05, 3.63) is 65.0 Å². The van der Waals surface area contributed by atoms with E-state index in [1.54, 1.807) is 16.5 Å². The number of nitrogens with zero attached hydrogens (tertiary/aromatic N) is 2. The number of nitrogens with one attached hydrogen (secondary N) is 2. The fourth-order valence-corrected chi connectivity index (χ4v) is 2.85. The number of aryl methyl sites for hydroxylation is 2. The summed E-state index contributed by atoms with van der Waals surface area (Å²) in [4.78, 5) is 29.8. The Kier molecular flexibility index (Phi) is 5.54. The van der Waals surface area contributed by atoms with Crippen LogP contribution >= 0.6 is 0 Å². The van der Waals surface area contributed by atoms with Crippen molar-refractivity contribution in [1.82, 2.24) is 14.7 Å². The van der Waals surface area contributed by atoms with E-state index in [0.717, 1.165) is 24.0 Å². The van der Waals surface area contributed by atoms with Crippen LogP contribution in [-0.4, -0.2) is 27.7 Å². The molecule has 0 aliphatic carbocycles. The molecule has 2 amide bonds. The molecule has 140 valence electrons. The third-order valence-corrected chi connectivity index (χ3v) is 4.37. The predicted molar refractivity (Wildman–Crippen MR) is 106 cm³/mol. The molecule has 0 bridgehead atoms. The van der Waals surface area contributed by atoms with Crippen molar-refractivity contribution in [2.24, 2.45) is 0 Å². The fraction of sp³-hybridized carbons (Fsp3) is 0.286. The van der Waals surface area contributed by atoms with Gasteiger partial charge in [0.25, 0.3) is 11.8 Å². The van der Waals surface area contributed by atoms with E-state index in [4.69, 9.17) is 0 Å². The van der Waals surface area contributed by atoms with Crippen LogP contribution in [-0.2, 0) is 6.42 Å². The summed E-state index contributed by atoms with van der Waals surface area (Å²) in [5.41, 5.74) is 3.63. The molecule has 2 heterocycles. The normalized spacial score (nSPS) is 10.8. The van der Waals surface area contributed by atoms with E-state index in [-0.39, 0.29) is 17.6 Å². The van der Waals surface area contributed by atoms with Gasteiger partial charge in [0.05, 0.1) is 0 Å². The monoisotopic (exact) mass is 364 g/mol. The maximum atomic E-state index is 12.7. The van der Waals surface area contributed by atoms with Gasteiger partial charge in [0.15, 0.2) is 11.5 Å². The van der Waals surface area contributed by atoms with Crippen LogP contribution < -0.4 is 10.6 Å². The van der Waals surface area contributed by atoms with Crippen molar-refractivity contribution in [1.29, 1.82) is 0 Å². The minimum absolute atomic E-state index is 0.258. The van der Waals surface area contributed by atoms with Gasteiger partial charge in [-0.15, -0.1) is 0 Å². The van der Waals surface area contributed by atoms with E-state index < -0.39 is 0 Å². The van der Waals surface area contributed by atoms with Crippen molar-refractivity contribution in [3.63, 3.8) is 0 Å². The van der Waals surface area contributed by atoms with Crippen molar-refractivity contribution in [2.75, 3.05) is 11.9 Å². The quantitative estimate of drug-likeness (QED) is 0.702. The Hall–Kier alpha value is -3.15. The number of fused-ring (bicyclic) bond motifs is 1. The molecule has 2 N–H and O–H groups in total. The summed E-state index contributed by atoms with van der Waals surface area (Å²) in [5.74, 6) is -0.285. The molecule has 0 saturated heterocycles. The standard InChI is InChI=1S/C21H24N4O2/c1-4-12-22-21(27)18-19(23-17-11-6-14(3)13-25(17)18)24-20(26)16-9-7-15(5-2)8-10-16/h6-11,13H,4-5,12H2,1-3H3,(H,22,27)(H,24,26). The summed E-state index contributed by atoms with van der Waals surface area (Å²) in [6, 6.07) is 11.2. The number of rotatable bonds is 6. The summed E-state index contributed by atoms with van der Waals surface area (Å²) in [6.45, 7) is 6.56. The van der Waals surface area contributed by atoms with Crippen LogP contribution in [0.25, 0.3) is 5.65 Å². The molecule has 3 aromatic rings. The molecule has 1 aromatic carbocycles. The van der Waals surface area contributed by atoms with Gasteiger partial charge in [0.1, 0.15) is 5.65 Å². The largest absolute Gasteiger partial charge is 0.351 e. The van der Waals surface area contributed by atoms with Gasteiger partial charge in [-0.1, -0.05) is 32.0 Å². The Labute approximate surface area is 158 Å². The number of pyridine rings is 1. The number of amides is 2. The molecule has 27 heavy (non-hydrogen) atoms. The van der Waals surface area contributed by atoms with E-state index in [2.05, 4.69) is 22.5 Å². The second-order valence-electron chi connectivity index (χ2n) is 6.50. The van der Waals surface area contributed by atoms with Crippen LogP contribution in [0.2, 0.25) is 0 Å². The van der Waals surface area contributed by atoms with Crippen molar-refractivity contribution in [2.45, 2.75) is 33.6 Å². The summed E-state index contributed by atoms with van der Waals surface area (Å²) in [6.07, 6.45) is 3.58. The molecule has 0 aliphatic heterocycles. The lowest BCUT2D eigenvalue weighted by Gasteiger charge is -2.08. The molecule has 0 unspecified atom stereocenters. The highest BCUT2D eigenvalue weighted by atomic mass is 16.2. The molecule has 0 saturated carbocycles. The van der Waals surface area contributed by atoms with Crippen LogP contribution in [0.5, 0.6) is 0 Å². The number of hydrogen-bond acceptors (Lipinski definition) is 3. The van der Waals surface area contributed by atoms with Gasteiger partial charge in [0.2, 0.25) is 0 Å². The van der Waals surface area contributed by atoms with Crippen molar-refractivity contribution >= 4 is 23.3 Å². The van der Waals surface area contributed by atoms with Crippen LogP contribution in [0, 0.1) is 6.92 Å². The first-order valence-corrected chi connectivity index (χ1v) is 9.20. The molecule has 0 aliphatic rings.